The molecule has 138 valence electrons. The molecule has 0 unspecified atom stereocenters. The first-order valence-electron chi connectivity index (χ1n) is 8.88. The lowest BCUT2D eigenvalue weighted by Gasteiger charge is -2.29. The molecule has 1 N–H and O–H groups in total. The summed E-state index contributed by atoms with van der Waals surface area (Å²) in [6.07, 6.45) is 3.83. The zero-order valence-electron chi connectivity index (χ0n) is 14.8. The largest absolute Gasteiger partial charge is 0.378 e. The highest BCUT2D eigenvalue weighted by atomic mass is 35.5. The molecular formula is C21H20ClN3O2. The maximum absolute atomic E-state index is 12.8. The Balaban J connectivity index is 1.55. The topological polar surface area (TPSA) is 46.5 Å². The molecule has 0 aliphatic carbocycles. The lowest BCUT2D eigenvalue weighted by atomic mass is 10.1. The van der Waals surface area contributed by atoms with Crippen LogP contribution in [0.1, 0.15) is 10.4 Å². The van der Waals surface area contributed by atoms with E-state index in [-0.39, 0.29) is 5.91 Å². The van der Waals surface area contributed by atoms with Crippen LogP contribution in [0.15, 0.2) is 67.0 Å². The highest BCUT2D eigenvalue weighted by Gasteiger charge is 2.16. The molecule has 2 aromatic carbocycles. The third kappa shape index (κ3) is 3.84. The molecule has 0 radical (unpaired) electrons. The number of benzene rings is 2. The number of hydrogen-bond donors (Lipinski definition) is 1. The summed E-state index contributed by atoms with van der Waals surface area (Å²) in [6.45, 7) is 3.03. The van der Waals surface area contributed by atoms with Gasteiger partial charge in [-0.25, -0.2) is 0 Å². The Morgan fingerprint density at radius 3 is 2.44 bits per heavy atom. The second-order valence-corrected chi connectivity index (χ2v) is 6.73. The summed E-state index contributed by atoms with van der Waals surface area (Å²) in [5.74, 6) is -0.172. The molecule has 27 heavy (non-hydrogen) atoms. The van der Waals surface area contributed by atoms with E-state index >= 15 is 0 Å². The van der Waals surface area contributed by atoms with Gasteiger partial charge in [-0.15, -0.1) is 0 Å². The Hall–Kier alpha value is -2.76. The van der Waals surface area contributed by atoms with Crippen LogP contribution in [-0.4, -0.2) is 36.8 Å². The summed E-state index contributed by atoms with van der Waals surface area (Å²) in [4.78, 5) is 15.0. The van der Waals surface area contributed by atoms with E-state index in [4.69, 9.17) is 16.3 Å². The lowest BCUT2D eigenvalue weighted by Crippen LogP contribution is -2.36. The Morgan fingerprint density at radius 2 is 1.70 bits per heavy atom. The van der Waals surface area contributed by atoms with Crippen molar-refractivity contribution in [1.29, 1.82) is 0 Å². The van der Waals surface area contributed by atoms with E-state index in [2.05, 4.69) is 10.2 Å². The van der Waals surface area contributed by atoms with Gasteiger partial charge in [0, 0.05) is 31.2 Å². The van der Waals surface area contributed by atoms with Gasteiger partial charge in [-0.1, -0.05) is 23.7 Å². The first-order valence-corrected chi connectivity index (χ1v) is 9.26. The summed E-state index contributed by atoms with van der Waals surface area (Å²) in [5, 5.41) is 3.57. The average molecular weight is 382 g/mol. The maximum atomic E-state index is 12.8. The van der Waals surface area contributed by atoms with Crippen molar-refractivity contribution in [3.63, 3.8) is 0 Å². The van der Waals surface area contributed by atoms with Crippen LogP contribution in [0.3, 0.4) is 0 Å². The van der Waals surface area contributed by atoms with Crippen LogP contribution in [0.2, 0.25) is 5.02 Å². The van der Waals surface area contributed by atoms with Crippen LogP contribution < -0.4 is 10.2 Å². The maximum Gasteiger partial charge on any atom is 0.257 e. The molecule has 0 saturated carbocycles. The number of morpholine rings is 1. The van der Waals surface area contributed by atoms with Gasteiger partial charge >= 0.3 is 0 Å². The standard InChI is InChI=1S/C21H20ClN3O2/c22-18-15-16(7-8-20(18)25-11-13-27-14-12-25)23-21(26)17-5-1-2-6-19(17)24-9-3-4-10-24/h1-10,15H,11-14H2,(H,23,26). The molecule has 5 nitrogen and oxygen atoms in total. The molecule has 1 aliphatic heterocycles. The van der Waals surface area contributed by atoms with Crippen molar-refractivity contribution in [1.82, 2.24) is 4.57 Å². The number of amides is 1. The normalized spacial score (nSPS) is 14.2. The minimum atomic E-state index is -0.172. The molecule has 6 heteroatoms. The molecule has 2 heterocycles. The predicted octanol–water partition coefficient (Wildman–Crippen LogP) is 4.22. The molecule has 0 spiro atoms. The smallest absolute Gasteiger partial charge is 0.257 e. The van der Waals surface area contributed by atoms with Gasteiger partial charge in [0.2, 0.25) is 0 Å². The summed E-state index contributed by atoms with van der Waals surface area (Å²) in [5.41, 5.74) is 3.06. The quantitative estimate of drug-likeness (QED) is 0.736. The van der Waals surface area contributed by atoms with Crippen molar-refractivity contribution in [2.24, 2.45) is 0 Å². The fraction of sp³-hybridized carbons (Fsp3) is 0.190. The molecule has 3 aromatic rings. The van der Waals surface area contributed by atoms with Crippen LogP contribution in [-0.2, 0) is 4.74 Å². The summed E-state index contributed by atoms with van der Waals surface area (Å²) in [7, 11) is 0. The summed E-state index contributed by atoms with van der Waals surface area (Å²) < 4.78 is 7.30. The van der Waals surface area contributed by atoms with Crippen molar-refractivity contribution in [2.75, 3.05) is 36.5 Å². The molecule has 0 bridgehead atoms. The number of ether oxygens (including phenoxy) is 1. The summed E-state index contributed by atoms with van der Waals surface area (Å²) in [6, 6.07) is 17.0. The van der Waals surface area contributed by atoms with Crippen LogP contribution in [0.5, 0.6) is 0 Å². The van der Waals surface area contributed by atoms with Crippen molar-refractivity contribution in [3.05, 3.63) is 77.6 Å². The highest BCUT2D eigenvalue weighted by Crippen LogP contribution is 2.30. The molecule has 1 amide bonds. The Kier molecular flexibility index (Phi) is 5.14. The van der Waals surface area contributed by atoms with E-state index in [0.29, 0.717) is 29.5 Å². The van der Waals surface area contributed by atoms with Crippen LogP contribution in [0.25, 0.3) is 5.69 Å². The third-order valence-corrected chi connectivity index (χ3v) is 4.89. The fourth-order valence-corrected chi connectivity index (χ4v) is 3.53. The molecule has 1 saturated heterocycles. The van der Waals surface area contributed by atoms with Crippen LogP contribution >= 0.6 is 11.6 Å². The number of nitrogens with zero attached hydrogens (tertiary/aromatic N) is 2. The minimum Gasteiger partial charge on any atom is -0.378 e. The van der Waals surface area contributed by atoms with Crippen LogP contribution in [0, 0.1) is 0 Å². The van der Waals surface area contributed by atoms with Gasteiger partial charge < -0.3 is 19.5 Å². The highest BCUT2D eigenvalue weighted by molar-refractivity contribution is 6.33. The monoisotopic (exact) mass is 381 g/mol. The van der Waals surface area contributed by atoms with E-state index in [1.54, 1.807) is 6.07 Å². The van der Waals surface area contributed by atoms with Gasteiger partial charge in [0.25, 0.3) is 5.91 Å². The van der Waals surface area contributed by atoms with E-state index in [9.17, 15) is 4.79 Å². The number of nitrogens with one attached hydrogen (secondary N) is 1. The number of aromatic nitrogens is 1. The van der Waals surface area contributed by atoms with E-state index in [1.807, 2.05) is 65.5 Å². The zero-order valence-corrected chi connectivity index (χ0v) is 15.5. The van der Waals surface area contributed by atoms with Gasteiger partial charge in [0.1, 0.15) is 0 Å². The number of halogens is 1. The van der Waals surface area contributed by atoms with Crippen LogP contribution in [0.4, 0.5) is 11.4 Å². The summed E-state index contributed by atoms with van der Waals surface area (Å²) >= 11 is 6.47. The fourth-order valence-electron chi connectivity index (χ4n) is 3.23. The van der Waals surface area contributed by atoms with Crippen molar-refractivity contribution >= 4 is 28.9 Å². The minimum absolute atomic E-state index is 0.172. The Bertz CT molecular complexity index is 934. The van der Waals surface area contributed by atoms with Gasteiger partial charge in [-0.05, 0) is 42.5 Å². The Morgan fingerprint density at radius 1 is 0.963 bits per heavy atom. The van der Waals surface area contributed by atoms with Gasteiger partial charge in [0.15, 0.2) is 0 Å². The number of carbonyl (C=O) groups is 1. The number of hydrogen-bond acceptors (Lipinski definition) is 3. The van der Waals surface area contributed by atoms with Crippen molar-refractivity contribution in [3.8, 4) is 5.69 Å². The first-order chi connectivity index (χ1) is 13.2. The molecular weight excluding hydrogens is 362 g/mol. The van der Waals surface area contributed by atoms with Gasteiger partial charge in [-0.3, -0.25) is 4.79 Å². The number of carbonyl (C=O) groups excluding carboxylic acids is 1. The molecule has 4 rings (SSSR count). The Labute approximate surface area is 163 Å². The molecule has 1 aliphatic rings. The van der Waals surface area contributed by atoms with Gasteiger partial charge in [-0.2, -0.15) is 0 Å². The van der Waals surface area contributed by atoms with Gasteiger partial charge in [0.05, 0.1) is 35.2 Å². The lowest BCUT2D eigenvalue weighted by molar-refractivity contribution is 0.102. The van der Waals surface area contributed by atoms with E-state index < -0.39 is 0 Å². The number of para-hydroxylation sites is 1. The second kappa shape index (κ2) is 7.86. The average Bonchev–Trinajstić information content (AvgIpc) is 3.23. The SMILES string of the molecule is O=C(Nc1ccc(N2CCOCC2)c(Cl)c1)c1ccccc1-n1cccc1. The second-order valence-electron chi connectivity index (χ2n) is 6.33. The third-order valence-electron chi connectivity index (χ3n) is 4.59. The van der Waals surface area contributed by atoms with Crippen molar-refractivity contribution in [2.45, 2.75) is 0 Å². The van der Waals surface area contributed by atoms with E-state index in [0.717, 1.165) is 24.5 Å². The van der Waals surface area contributed by atoms with E-state index in [1.165, 1.54) is 0 Å². The molecule has 1 fully saturated rings. The van der Waals surface area contributed by atoms with Crippen molar-refractivity contribution < 1.29 is 9.53 Å². The zero-order chi connectivity index (χ0) is 18.6. The number of anilines is 2. The molecule has 1 aromatic heterocycles. The number of rotatable bonds is 4. The predicted molar refractivity (Wildman–Crippen MR) is 108 cm³/mol. The first kappa shape index (κ1) is 17.6. The molecule has 0 atom stereocenters.